The molecule has 0 unspecified atom stereocenters. The van der Waals surface area contributed by atoms with Crippen molar-refractivity contribution in [2.45, 2.75) is 43.3 Å². The summed E-state index contributed by atoms with van der Waals surface area (Å²) in [4.78, 5) is 51.1. The van der Waals surface area contributed by atoms with E-state index >= 15 is 0 Å². The van der Waals surface area contributed by atoms with Crippen LogP contribution in [-0.4, -0.2) is 58.8 Å². The molecule has 2 fully saturated rings. The number of nitrogens with zero attached hydrogens (tertiary/aromatic N) is 5. The number of rotatable bonds is 8. The minimum Gasteiger partial charge on any atom is -0.351 e. The Kier molecular flexibility index (Phi) is 8.80. The maximum atomic E-state index is 14.5. The molecule has 1 saturated heterocycles. The van der Waals surface area contributed by atoms with E-state index in [1.54, 1.807) is 6.07 Å². The van der Waals surface area contributed by atoms with Gasteiger partial charge in [0.1, 0.15) is 29.4 Å². The Balaban J connectivity index is 1.56. The van der Waals surface area contributed by atoms with Crippen molar-refractivity contribution < 1.29 is 31.9 Å². The lowest BCUT2D eigenvalue weighted by molar-refractivity contribution is -0.133. The Labute approximate surface area is 253 Å². The van der Waals surface area contributed by atoms with Crippen molar-refractivity contribution in [3.05, 3.63) is 82.6 Å². The van der Waals surface area contributed by atoms with E-state index in [1.165, 1.54) is 30.5 Å². The first-order valence-corrected chi connectivity index (χ1v) is 13.8. The molecular formula is C29H24ClF4N7O3. The summed E-state index contributed by atoms with van der Waals surface area (Å²) in [5, 5.41) is 14.7. The van der Waals surface area contributed by atoms with Crippen LogP contribution in [0.4, 0.5) is 29.2 Å². The largest absolute Gasteiger partial charge is 0.351 e. The van der Waals surface area contributed by atoms with Gasteiger partial charge in [0.2, 0.25) is 23.7 Å². The minimum absolute atomic E-state index is 0.0270. The van der Waals surface area contributed by atoms with Crippen LogP contribution in [0.2, 0.25) is 5.02 Å². The molecule has 1 aliphatic heterocycles. The summed E-state index contributed by atoms with van der Waals surface area (Å²) >= 11 is 6.44. The number of aromatic nitrogens is 2. The van der Waals surface area contributed by atoms with Gasteiger partial charge in [0.25, 0.3) is 5.92 Å². The molecule has 5 rings (SSSR count). The van der Waals surface area contributed by atoms with Crippen molar-refractivity contribution in [2.24, 2.45) is 0 Å². The molecule has 228 valence electrons. The van der Waals surface area contributed by atoms with Gasteiger partial charge in [0.15, 0.2) is 0 Å². The number of alkyl halides is 2. The monoisotopic (exact) mass is 629 g/mol. The summed E-state index contributed by atoms with van der Waals surface area (Å²) < 4.78 is 56.3. The maximum absolute atomic E-state index is 14.5. The van der Waals surface area contributed by atoms with Gasteiger partial charge in [-0.25, -0.2) is 27.5 Å². The molecular weight excluding hydrogens is 606 g/mol. The molecule has 1 saturated carbocycles. The fourth-order valence-electron chi connectivity index (χ4n) is 5.24. The van der Waals surface area contributed by atoms with Crippen LogP contribution in [0.15, 0.2) is 54.7 Å². The van der Waals surface area contributed by atoms with Crippen molar-refractivity contribution >= 4 is 41.0 Å². The van der Waals surface area contributed by atoms with E-state index in [2.05, 4.69) is 20.6 Å². The van der Waals surface area contributed by atoms with Crippen LogP contribution in [0.1, 0.15) is 36.6 Å². The molecule has 1 aliphatic carbocycles. The highest BCUT2D eigenvalue weighted by Crippen LogP contribution is 2.39. The third-order valence-corrected chi connectivity index (χ3v) is 7.55. The first kappa shape index (κ1) is 30.8. The van der Waals surface area contributed by atoms with Crippen LogP contribution in [0.25, 0.3) is 0 Å². The van der Waals surface area contributed by atoms with E-state index < -0.39 is 72.7 Å². The van der Waals surface area contributed by atoms with E-state index in [1.807, 2.05) is 6.07 Å². The zero-order chi connectivity index (χ0) is 31.6. The molecule has 0 radical (unpaired) electrons. The number of amides is 3. The van der Waals surface area contributed by atoms with Crippen LogP contribution in [0, 0.1) is 23.0 Å². The van der Waals surface area contributed by atoms with Crippen molar-refractivity contribution in [3.63, 3.8) is 0 Å². The number of anilines is 2. The third kappa shape index (κ3) is 6.63. The van der Waals surface area contributed by atoms with E-state index in [0.717, 1.165) is 21.9 Å². The van der Waals surface area contributed by atoms with Crippen LogP contribution in [0.5, 0.6) is 0 Å². The van der Waals surface area contributed by atoms with Crippen molar-refractivity contribution in [1.82, 2.24) is 20.6 Å². The Hall–Kier alpha value is -4.61. The van der Waals surface area contributed by atoms with Gasteiger partial charge in [-0.1, -0.05) is 29.8 Å². The minimum atomic E-state index is -2.96. The van der Waals surface area contributed by atoms with E-state index in [-0.39, 0.29) is 41.0 Å². The van der Waals surface area contributed by atoms with Crippen molar-refractivity contribution in [1.29, 1.82) is 5.26 Å². The lowest BCUT2D eigenvalue weighted by atomic mass is 9.87. The van der Waals surface area contributed by atoms with Gasteiger partial charge in [-0.05, 0) is 24.3 Å². The summed E-state index contributed by atoms with van der Waals surface area (Å²) in [5.74, 6) is -7.48. The first-order chi connectivity index (χ1) is 21.0. The third-order valence-electron chi connectivity index (χ3n) is 7.21. The number of halogens is 5. The fraction of sp³-hybridized carbons (Fsp3) is 0.310. The fourth-order valence-corrected chi connectivity index (χ4v) is 5.48. The Bertz CT molecular complexity index is 1620. The molecule has 3 aromatic rings. The molecule has 2 aliphatic rings. The Morgan fingerprint density at radius 3 is 2.55 bits per heavy atom. The summed E-state index contributed by atoms with van der Waals surface area (Å²) in [6.07, 6.45) is -0.475. The summed E-state index contributed by atoms with van der Waals surface area (Å²) in [6, 6.07) is 7.89. The topological polar surface area (TPSA) is 131 Å². The second kappa shape index (κ2) is 12.6. The van der Waals surface area contributed by atoms with Gasteiger partial charge in [-0.2, -0.15) is 5.26 Å². The number of benzene rings is 2. The van der Waals surface area contributed by atoms with Crippen LogP contribution in [-0.2, 0) is 14.4 Å². The SMILES string of the molecule is N#Cc1ccnc(N2C(=O)CNC[C@H]2CC(=O)N(c2cc(F)cc(F)c2)[C@H](C(=O)NC2CC(F)(F)C2)c2ccccc2Cl)n1. The molecule has 2 aromatic carbocycles. The number of hydrogen-bond acceptors (Lipinski definition) is 7. The zero-order valence-corrected chi connectivity index (χ0v) is 23.6. The molecule has 44 heavy (non-hydrogen) atoms. The normalized spacial score (nSPS) is 18.6. The number of piperazine rings is 1. The smallest absolute Gasteiger partial charge is 0.252 e. The van der Waals surface area contributed by atoms with Crippen molar-refractivity contribution in [2.75, 3.05) is 22.9 Å². The van der Waals surface area contributed by atoms with Crippen LogP contribution >= 0.6 is 11.6 Å². The quantitative estimate of drug-likeness (QED) is 0.364. The van der Waals surface area contributed by atoms with Gasteiger partial charge in [0.05, 0.1) is 18.3 Å². The number of nitrogens with one attached hydrogen (secondary N) is 2. The van der Waals surface area contributed by atoms with Crippen LogP contribution in [0.3, 0.4) is 0 Å². The second-order valence-corrected chi connectivity index (χ2v) is 10.8. The second-order valence-electron chi connectivity index (χ2n) is 10.4. The van der Waals surface area contributed by atoms with Gasteiger partial charge in [-0.3, -0.25) is 24.2 Å². The number of nitriles is 1. The van der Waals surface area contributed by atoms with Gasteiger partial charge < -0.3 is 10.6 Å². The zero-order valence-electron chi connectivity index (χ0n) is 22.8. The Morgan fingerprint density at radius 2 is 1.89 bits per heavy atom. The molecule has 15 heteroatoms. The molecule has 3 amide bonds. The van der Waals surface area contributed by atoms with E-state index in [9.17, 15) is 37.2 Å². The number of carbonyl (C=O) groups is 3. The van der Waals surface area contributed by atoms with Gasteiger partial charge in [0, 0.05) is 54.7 Å². The van der Waals surface area contributed by atoms with Crippen molar-refractivity contribution in [3.8, 4) is 6.07 Å². The average Bonchev–Trinajstić information content (AvgIpc) is 2.95. The molecule has 2 N–H and O–H groups in total. The van der Waals surface area contributed by atoms with E-state index in [4.69, 9.17) is 11.6 Å². The summed E-state index contributed by atoms with van der Waals surface area (Å²) in [7, 11) is 0. The maximum Gasteiger partial charge on any atom is 0.252 e. The molecule has 1 aromatic heterocycles. The molecule has 2 atom stereocenters. The molecule has 2 heterocycles. The molecule has 0 spiro atoms. The lowest BCUT2D eigenvalue weighted by Crippen LogP contribution is -2.58. The summed E-state index contributed by atoms with van der Waals surface area (Å²) in [6.45, 7) is -0.0661. The molecule has 0 bridgehead atoms. The van der Waals surface area contributed by atoms with E-state index in [0.29, 0.717) is 6.07 Å². The summed E-state index contributed by atoms with van der Waals surface area (Å²) in [5.41, 5.74) is -0.313. The number of hydrogen-bond donors (Lipinski definition) is 2. The highest BCUT2D eigenvalue weighted by atomic mass is 35.5. The van der Waals surface area contributed by atoms with Gasteiger partial charge in [-0.15, -0.1) is 0 Å². The van der Waals surface area contributed by atoms with Crippen LogP contribution < -0.4 is 20.4 Å². The predicted octanol–water partition coefficient (Wildman–Crippen LogP) is 3.66. The highest BCUT2D eigenvalue weighted by molar-refractivity contribution is 6.31. The average molecular weight is 630 g/mol. The van der Waals surface area contributed by atoms with Gasteiger partial charge >= 0.3 is 0 Å². The lowest BCUT2D eigenvalue weighted by Gasteiger charge is -2.39. The first-order valence-electron chi connectivity index (χ1n) is 13.4. The Morgan fingerprint density at radius 1 is 1.18 bits per heavy atom. The predicted molar refractivity (Wildman–Crippen MR) is 150 cm³/mol. The highest BCUT2D eigenvalue weighted by Gasteiger charge is 2.47. The molecule has 10 nitrogen and oxygen atoms in total. The number of carbonyl (C=O) groups excluding carboxylic acids is 3. The standard InChI is InChI=1S/C29H24ClF4N7O3/c30-23-4-2-1-3-22(23)26(27(44)38-19-11-29(33,34)12-19)40(20-8-16(31)7-17(32)9-20)24(42)10-21-14-36-15-25(43)41(21)28-37-6-5-18(13-35)39-28/h1-9,19,21,26,36H,10-12,14-15H2,(H,38,44)/t21-,26+/m1/s1.